The quantitative estimate of drug-likeness (QED) is 0.316. The number of aliphatic hydroxyl groups excluding tert-OH is 1. The molecule has 1 N–H and O–H groups in total. The van der Waals surface area contributed by atoms with Crippen LogP contribution < -0.4 is 0 Å². The molecule has 1 heterocycles. The number of hydrogen-bond donors (Lipinski definition) is 1. The minimum absolute atomic E-state index is 0.0736. The highest BCUT2D eigenvalue weighted by Crippen LogP contribution is 2.51. The average Bonchev–Trinajstić information content (AvgIpc) is 3.59. The normalized spacial score (nSPS) is 15.7. The van der Waals surface area contributed by atoms with Crippen LogP contribution in [0.3, 0.4) is 0 Å². The molecule has 1 saturated carbocycles. The number of ether oxygens (including phenoxy) is 1. The van der Waals surface area contributed by atoms with Crippen LogP contribution in [0.5, 0.6) is 0 Å². The van der Waals surface area contributed by atoms with Gasteiger partial charge in [0.15, 0.2) is 0 Å². The van der Waals surface area contributed by atoms with Crippen molar-refractivity contribution in [2.24, 2.45) is 0 Å². The molecule has 0 aliphatic heterocycles. The molecule has 8 heteroatoms. The van der Waals surface area contributed by atoms with Crippen molar-refractivity contribution >= 4 is 14.0 Å². The molecule has 0 saturated heterocycles. The van der Waals surface area contributed by atoms with Gasteiger partial charge in [-0.25, -0.2) is 4.39 Å². The average molecular weight is 458 g/mol. The zero-order valence-corrected chi connectivity index (χ0v) is 19.1. The third kappa shape index (κ3) is 5.39. The van der Waals surface area contributed by atoms with Crippen molar-refractivity contribution in [2.45, 2.75) is 56.7 Å². The predicted molar refractivity (Wildman–Crippen MR) is 119 cm³/mol. The van der Waals surface area contributed by atoms with E-state index in [1.807, 2.05) is 19.9 Å². The van der Waals surface area contributed by atoms with Gasteiger partial charge >= 0.3 is 14.0 Å². The highest BCUT2D eigenvalue weighted by atomic mass is 31.1. The molecule has 3 atom stereocenters. The van der Waals surface area contributed by atoms with Gasteiger partial charge in [0.25, 0.3) is 0 Å². The van der Waals surface area contributed by atoms with Crippen molar-refractivity contribution in [3.63, 3.8) is 0 Å². The third-order valence-electron chi connectivity index (χ3n) is 5.42. The van der Waals surface area contributed by atoms with E-state index >= 15 is 0 Å². The second-order valence-electron chi connectivity index (χ2n) is 8.11. The van der Waals surface area contributed by atoms with Gasteiger partial charge in [-0.1, -0.05) is 32.4 Å². The van der Waals surface area contributed by atoms with E-state index in [1.165, 1.54) is 19.2 Å². The van der Waals surface area contributed by atoms with Crippen molar-refractivity contribution in [1.82, 2.24) is 4.98 Å². The Morgan fingerprint density at radius 3 is 2.53 bits per heavy atom. The van der Waals surface area contributed by atoms with Crippen molar-refractivity contribution in [3.05, 3.63) is 53.1 Å². The van der Waals surface area contributed by atoms with E-state index in [-0.39, 0.29) is 11.7 Å². The number of esters is 1. The molecule has 6 nitrogen and oxygen atoms in total. The molecular weight excluding hydrogens is 432 g/mol. The van der Waals surface area contributed by atoms with E-state index in [1.54, 1.807) is 18.2 Å². The van der Waals surface area contributed by atoms with E-state index in [0.29, 0.717) is 28.3 Å². The summed E-state index contributed by atoms with van der Waals surface area (Å²) in [4.78, 5) is 16.8. The number of hydrogen-bond acceptors (Lipinski definition) is 6. The number of carbonyl (C=O) groups excluding carboxylic acids is 1. The van der Waals surface area contributed by atoms with Crippen molar-refractivity contribution in [1.29, 1.82) is 0 Å². The summed E-state index contributed by atoms with van der Waals surface area (Å²) in [7, 11) is -1.16. The molecule has 1 aliphatic carbocycles. The highest BCUT2D eigenvalue weighted by molar-refractivity contribution is 7.39. The molecule has 32 heavy (non-hydrogen) atoms. The molecule has 0 amide bonds. The Labute approximate surface area is 188 Å². The fraction of sp³-hybridized carbons (Fsp3) is 0.417. The summed E-state index contributed by atoms with van der Waals surface area (Å²) in [5.74, 6) is -0.935. The topological polar surface area (TPSA) is 85.7 Å². The number of pyridine rings is 1. The number of aromatic nitrogens is 1. The Balaban J connectivity index is 2.23. The molecule has 3 unspecified atom stereocenters. The lowest BCUT2D eigenvalue weighted by atomic mass is 9.89. The van der Waals surface area contributed by atoms with E-state index in [0.717, 1.165) is 18.5 Å². The maximum Gasteiger partial charge on any atom is 0.518 e. The lowest BCUT2D eigenvalue weighted by molar-refractivity contribution is -0.139. The predicted octanol–water partition coefficient (Wildman–Crippen LogP) is 5.20. The van der Waals surface area contributed by atoms with E-state index in [9.17, 15) is 18.9 Å². The van der Waals surface area contributed by atoms with Gasteiger partial charge in [0, 0.05) is 17.2 Å². The minimum Gasteiger partial charge on any atom is -0.387 e. The number of rotatable bonds is 9. The van der Waals surface area contributed by atoms with Gasteiger partial charge < -0.3 is 9.84 Å². The number of benzene rings is 1. The van der Waals surface area contributed by atoms with Crippen LogP contribution in [0.25, 0.3) is 11.1 Å². The maximum absolute atomic E-state index is 13.6. The first-order valence-corrected chi connectivity index (χ1v) is 11.7. The summed E-state index contributed by atoms with van der Waals surface area (Å²) in [5.41, 5.74) is 2.38. The van der Waals surface area contributed by atoms with Crippen LogP contribution in [-0.4, -0.2) is 29.3 Å². The number of halogens is 1. The highest BCUT2D eigenvalue weighted by Gasteiger charge is 2.45. The van der Waals surface area contributed by atoms with Gasteiger partial charge in [-0.3, -0.25) is 9.78 Å². The second kappa shape index (κ2) is 10.3. The number of nitrogens with zero attached hydrogens (tertiary/aromatic N) is 1. The number of carbonyl (C=O) groups is 1. The SMILES string of the molecule is C#COC(=O)CC(O)C(c1c(-c2ccc(F)cc2)cc(C2CC2)nc1C(C)C)[P+](=O)OC. The van der Waals surface area contributed by atoms with Gasteiger partial charge in [0.05, 0.1) is 19.2 Å². The Bertz CT molecular complexity index is 1040. The fourth-order valence-corrected chi connectivity index (χ4v) is 4.84. The zero-order valence-electron chi connectivity index (χ0n) is 18.2. The zero-order chi connectivity index (χ0) is 23.4. The van der Waals surface area contributed by atoms with Crippen LogP contribution in [-0.2, 0) is 18.6 Å². The van der Waals surface area contributed by atoms with E-state index < -0.39 is 32.2 Å². The summed E-state index contributed by atoms with van der Waals surface area (Å²) >= 11 is 0. The van der Waals surface area contributed by atoms with Crippen LogP contribution in [0.15, 0.2) is 30.3 Å². The maximum atomic E-state index is 13.6. The van der Waals surface area contributed by atoms with Crippen molar-refractivity contribution < 1.29 is 28.1 Å². The molecule has 168 valence electrons. The van der Waals surface area contributed by atoms with Crippen LogP contribution in [0.2, 0.25) is 0 Å². The molecule has 0 spiro atoms. The molecule has 1 aliphatic rings. The molecule has 1 aromatic heterocycles. The Hall–Kier alpha value is -2.65. The molecule has 1 aromatic carbocycles. The smallest absolute Gasteiger partial charge is 0.387 e. The molecular formula is C24H26FNO5P+. The van der Waals surface area contributed by atoms with Gasteiger partial charge in [0.2, 0.25) is 5.66 Å². The fourth-order valence-electron chi connectivity index (χ4n) is 3.74. The number of aliphatic hydroxyl groups is 1. The summed E-state index contributed by atoms with van der Waals surface area (Å²) in [6, 6.07) is 7.86. The van der Waals surface area contributed by atoms with E-state index in [4.69, 9.17) is 15.9 Å². The molecule has 0 radical (unpaired) electrons. The van der Waals surface area contributed by atoms with E-state index in [2.05, 4.69) is 4.74 Å². The van der Waals surface area contributed by atoms with Crippen LogP contribution in [0.1, 0.15) is 67.6 Å². The van der Waals surface area contributed by atoms with Gasteiger partial charge in [0.1, 0.15) is 18.0 Å². The summed E-state index contributed by atoms with van der Waals surface area (Å²) in [5, 5.41) is 11.0. The summed E-state index contributed by atoms with van der Waals surface area (Å²) in [6.45, 7) is 3.90. The monoisotopic (exact) mass is 458 g/mol. The first-order chi connectivity index (χ1) is 15.3. The van der Waals surface area contributed by atoms with Crippen molar-refractivity contribution in [2.75, 3.05) is 7.11 Å². The van der Waals surface area contributed by atoms with Crippen LogP contribution in [0.4, 0.5) is 4.39 Å². The van der Waals surface area contributed by atoms with Gasteiger partial charge in [-0.05, 0) is 52.7 Å². The van der Waals surface area contributed by atoms with Crippen molar-refractivity contribution in [3.8, 4) is 23.7 Å². The number of terminal acetylenes is 1. The Kier molecular flexibility index (Phi) is 7.73. The summed E-state index contributed by atoms with van der Waals surface area (Å²) in [6.07, 6.45) is 6.98. The Morgan fingerprint density at radius 1 is 1.34 bits per heavy atom. The lowest BCUT2D eigenvalue weighted by Crippen LogP contribution is -2.23. The van der Waals surface area contributed by atoms with Gasteiger partial charge in [-0.2, -0.15) is 0 Å². The minimum atomic E-state index is -2.43. The van der Waals surface area contributed by atoms with Crippen LogP contribution in [0, 0.1) is 18.3 Å². The second-order valence-corrected chi connectivity index (χ2v) is 9.60. The first-order valence-electron chi connectivity index (χ1n) is 10.4. The standard InChI is InChI=1S/C24H26FNO5P/c1-5-31-21(28)13-20(27)24(32(29)30-4)22-18(15-8-10-17(25)11-9-15)12-19(16-6-7-16)26-23(22)14(2)3/h1,8-12,14,16,20,24,27H,6-7,13H2,2-4H3/q+1. The van der Waals surface area contributed by atoms with Crippen LogP contribution >= 0.6 is 8.03 Å². The lowest BCUT2D eigenvalue weighted by Gasteiger charge is -2.22. The summed E-state index contributed by atoms with van der Waals surface area (Å²) < 4.78 is 36.3. The third-order valence-corrected chi connectivity index (χ3v) is 6.84. The molecule has 0 bridgehead atoms. The molecule has 2 aromatic rings. The van der Waals surface area contributed by atoms with Gasteiger partial charge in [-0.15, -0.1) is 4.52 Å². The Morgan fingerprint density at radius 2 is 2.00 bits per heavy atom. The molecule has 3 rings (SSSR count). The first kappa shape index (κ1) is 24.0. The largest absolute Gasteiger partial charge is 0.518 e. The molecule has 1 fully saturated rings.